The molecular formula is C13H11ClN2O3S. The van der Waals surface area contributed by atoms with E-state index in [9.17, 15) is 15.2 Å². The normalized spacial score (nSPS) is 12.7. The smallest absolute Gasteiger partial charge is 0.312 e. The largest absolute Gasteiger partial charge is 0.502 e. The van der Waals surface area contributed by atoms with Crippen molar-refractivity contribution in [3.8, 4) is 5.75 Å². The predicted octanol–water partition coefficient (Wildman–Crippen LogP) is 4.20. The van der Waals surface area contributed by atoms with Crippen LogP contribution < -0.4 is 0 Å². The summed E-state index contributed by atoms with van der Waals surface area (Å²) in [6.07, 6.45) is 1.40. The minimum atomic E-state index is -0.679. The number of aliphatic imine (C=N–C) groups is 1. The average Bonchev–Trinajstić information content (AvgIpc) is 2.92. The lowest BCUT2D eigenvalue weighted by atomic mass is 10.2. The molecule has 0 saturated carbocycles. The third-order valence-electron chi connectivity index (χ3n) is 2.67. The van der Waals surface area contributed by atoms with Crippen LogP contribution in [0.2, 0.25) is 5.02 Å². The highest BCUT2D eigenvalue weighted by atomic mass is 35.5. The number of rotatable bonds is 4. The average molecular weight is 311 g/mol. The molecule has 0 unspecified atom stereocenters. The Hall–Kier alpha value is -1.92. The molecule has 2 rings (SSSR count). The first kappa shape index (κ1) is 14.5. The lowest BCUT2D eigenvalue weighted by Crippen LogP contribution is -1.94. The molecule has 0 fully saturated rings. The van der Waals surface area contributed by atoms with E-state index in [1.807, 2.05) is 24.4 Å². The Morgan fingerprint density at radius 2 is 2.30 bits per heavy atom. The quantitative estimate of drug-likeness (QED) is 0.522. The van der Waals surface area contributed by atoms with Crippen LogP contribution in [0.5, 0.6) is 5.75 Å². The second-order valence-corrected chi connectivity index (χ2v) is 5.51. The predicted molar refractivity (Wildman–Crippen MR) is 80.1 cm³/mol. The highest BCUT2D eigenvalue weighted by Gasteiger charge is 2.17. The highest BCUT2D eigenvalue weighted by molar-refractivity contribution is 7.10. The molecule has 0 aliphatic rings. The molecule has 1 atom stereocenters. The number of phenolic OH excluding ortho intramolecular Hbond substituents is 1. The molecule has 0 spiro atoms. The van der Waals surface area contributed by atoms with Gasteiger partial charge in [-0.05, 0) is 24.4 Å². The van der Waals surface area contributed by atoms with Crippen molar-refractivity contribution in [2.45, 2.75) is 13.0 Å². The van der Waals surface area contributed by atoms with Gasteiger partial charge in [0.25, 0.3) is 0 Å². The maximum absolute atomic E-state index is 10.8. The van der Waals surface area contributed by atoms with Crippen LogP contribution in [0.3, 0.4) is 0 Å². The lowest BCUT2D eigenvalue weighted by molar-refractivity contribution is -0.385. The van der Waals surface area contributed by atoms with Gasteiger partial charge in [-0.1, -0.05) is 17.7 Å². The summed E-state index contributed by atoms with van der Waals surface area (Å²) in [6.45, 7) is 1.90. The molecule has 5 nitrogen and oxygen atoms in total. The lowest BCUT2D eigenvalue weighted by Gasteiger charge is -2.04. The summed E-state index contributed by atoms with van der Waals surface area (Å²) in [5.41, 5.74) is -0.199. The zero-order chi connectivity index (χ0) is 14.7. The van der Waals surface area contributed by atoms with Gasteiger partial charge in [0.2, 0.25) is 5.75 Å². The van der Waals surface area contributed by atoms with Crippen LogP contribution in [-0.2, 0) is 0 Å². The van der Waals surface area contributed by atoms with Gasteiger partial charge in [-0.2, -0.15) is 0 Å². The number of thiophene rings is 1. The van der Waals surface area contributed by atoms with Crippen molar-refractivity contribution in [2.75, 3.05) is 0 Å². The van der Waals surface area contributed by atoms with Gasteiger partial charge in [0, 0.05) is 27.7 Å². The van der Waals surface area contributed by atoms with E-state index in [4.69, 9.17) is 11.6 Å². The molecule has 1 aromatic carbocycles. The van der Waals surface area contributed by atoms with Crippen LogP contribution in [0.4, 0.5) is 5.69 Å². The summed E-state index contributed by atoms with van der Waals surface area (Å²) in [6, 6.07) is 6.33. The van der Waals surface area contributed by atoms with Gasteiger partial charge >= 0.3 is 5.69 Å². The van der Waals surface area contributed by atoms with Gasteiger partial charge in [0.05, 0.1) is 11.0 Å². The molecule has 2 aromatic rings. The number of nitro benzene ring substituents is 1. The first-order valence-electron chi connectivity index (χ1n) is 5.72. The van der Waals surface area contributed by atoms with Gasteiger partial charge in [0.15, 0.2) is 0 Å². The van der Waals surface area contributed by atoms with Crippen LogP contribution in [0.1, 0.15) is 23.4 Å². The summed E-state index contributed by atoms with van der Waals surface area (Å²) in [5.74, 6) is -0.429. The van der Waals surface area contributed by atoms with E-state index in [0.29, 0.717) is 0 Å². The molecule has 0 radical (unpaired) electrons. The van der Waals surface area contributed by atoms with E-state index >= 15 is 0 Å². The summed E-state index contributed by atoms with van der Waals surface area (Å²) >= 11 is 7.38. The van der Waals surface area contributed by atoms with E-state index in [-0.39, 0.29) is 16.6 Å². The molecule has 0 amide bonds. The third kappa shape index (κ3) is 3.15. The van der Waals surface area contributed by atoms with Gasteiger partial charge in [-0.15, -0.1) is 11.3 Å². The third-order valence-corrected chi connectivity index (χ3v) is 3.93. The number of hydrogen-bond acceptors (Lipinski definition) is 5. The summed E-state index contributed by atoms with van der Waals surface area (Å²) in [5, 5.41) is 22.8. The number of nitrogens with zero attached hydrogens (tertiary/aromatic N) is 2. The zero-order valence-corrected chi connectivity index (χ0v) is 12.1. The Morgan fingerprint density at radius 3 is 2.90 bits per heavy atom. The van der Waals surface area contributed by atoms with Gasteiger partial charge in [-0.25, -0.2) is 0 Å². The Morgan fingerprint density at radius 1 is 1.55 bits per heavy atom. The zero-order valence-electron chi connectivity index (χ0n) is 10.5. The molecule has 7 heteroatoms. The molecule has 104 valence electrons. The Kier molecular flexibility index (Phi) is 4.36. The Labute approximate surface area is 124 Å². The molecule has 0 aliphatic carbocycles. The number of hydrogen-bond donors (Lipinski definition) is 1. The van der Waals surface area contributed by atoms with Crippen molar-refractivity contribution in [3.05, 3.63) is 55.2 Å². The first-order valence-corrected chi connectivity index (χ1v) is 6.98. The van der Waals surface area contributed by atoms with E-state index in [2.05, 4.69) is 4.99 Å². The number of aromatic hydroxyl groups is 1. The molecule has 1 heterocycles. The fourth-order valence-corrected chi connectivity index (χ4v) is 2.59. The van der Waals surface area contributed by atoms with Crippen molar-refractivity contribution in [1.82, 2.24) is 0 Å². The molecule has 0 bridgehead atoms. The van der Waals surface area contributed by atoms with Crippen LogP contribution in [0, 0.1) is 10.1 Å². The fourth-order valence-electron chi connectivity index (χ4n) is 1.64. The van der Waals surface area contributed by atoms with Crippen LogP contribution in [-0.4, -0.2) is 16.2 Å². The van der Waals surface area contributed by atoms with Crippen molar-refractivity contribution >= 4 is 34.8 Å². The van der Waals surface area contributed by atoms with Crippen LogP contribution >= 0.6 is 22.9 Å². The minimum Gasteiger partial charge on any atom is -0.502 e. The summed E-state index contributed by atoms with van der Waals surface area (Å²) in [4.78, 5) is 15.5. The minimum absolute atomic E-state index is 0.0903. The van der Waals surface area contributed by atoms with Gasteiger partial charge < -0.3 is 5.11 Å². The maximum Gasteiger partial charge on any atom is 0.312 e. The fraction of sp³-hybridized carbons (Fsp3) is 0.154. The molecule has 1 N–H and O–H groups in total. The standard InChI is InChI=1S/C13H11ClN2O3S/c1-8(12-3-2-4-20-12)15-7-9-5-10(14)6-11(13(9)17)16(18)19/h2-8,17H,1H3/t8-/m0/s1. The van der Waals surface area contributed by atoms with E-state index in [0.717, 1.165) is 10.9 Å². The van der Waals surface area contributed by atoms with E-state index in [1.54, 1.807) is 11.3 Å². The first-order chi connectivity index (χ1) is 9.49. The molecule has 0 aliphatic heterocycles. The maximum atomic E-state index is 10.8. The second kappa shape index (κ2) is 6.02. The molecule has 1 aromatic heterocycles. The van der Waals surface area contributed by atoms with Crippen molar-refractivity contribution in [3.63, 3.8) is 0 Å². The second-order valence-electron chi connectivity index (χ2n) is 4.09. The Balaban J connectivity index is 2.32. The Bertz CT molecular complexity index is 656. The highest BCUT2D eigenvalue weighted by Crippen LogP contribution is 2.32. The number of phenols is 1. The molecule has 0 saturated heterocycles. The van der Waals surface area contributed by atoms with Crippen molar-refractivity contribution in [1.29, 1.82) is 0 Å². The van der Waals surface area contributed by atoms with E-state index < -0.39 is 16.4 Å². The summed E-state index contributed by atoms with van der Waals surface area (Å²) < 4.78 is 0. The molecule has 20 heavy (non-hydrogen) atoms. The SMILES string of the molecule is C[C@H](N=Cc1cc(Cl)cc([N+](=O)[O-])c1O)c1cccs1. The number of halogens is 1. The molecular weight excluding hydrogens is 300 g/mol. The van der Waals surface area contributed by atoms with E-state index in [1.165, 1.54) is 12.3 Å². The van der Waals surface area contributed by atoms with Gasteiger partial charge in [0.1, 0.15) is 0 Å². The van der Waals surface area contributed by atoms with Crippen molar-refractivity contribution in [2.24, 2.45) is 4.99 Å². The van der Waals surface area contributed by atoms with Crippen LogP contribution in [0.15, 0.2) is 34.6 Å². The van der Waals surface area contributed by atoms with Crippen LogP contribution in [0.25, 0.3) is 0 Å². The van der Waals surface area contributed by atoms with Crippen molar-refractivity contribution < 1.29 is 10.0 Å². The topological polar surface area (TPSA) is 75.7 Å². The monoisotopic (exact) mass is 310 g/mol. The van der Waals surface area contributed by atoms with Gasteiger partial charge in [-0.3, -0.25) is 15.1 Å². The summed E-state index contributed by atoms with van der Waals surface area (Å²) in [7, 11) is 0. The number of benzene rings is 1. The number of nitro groups is 1.